The summed E-state index contributed by atoms with van der Waals surface area (Å²) in [7, 11) is 1.27. The number of hydrogen-bond donors (Lipinski definition) is 4. The van der Waals surface area contributed by atoms with Crippen molar-refractivity contribution < 1.29 is 29.3 Å². The van der Waals surface area contributed by atoms with Crippen molar-refractivity contribution in [2.75, 3.05) is 19.0 Å². The topological polar surface area (TPSA) is 125 Å². The van der Waals surface area contributed by atoms with E-state index in [0.717, 1.165) is 25.3 Å². The average Bonchev–Trinajstić information content (AvgIpc) is 3.26. The van der Waals surface area contributed by atoms with Crippen LogP contribution in [0.5, 0.6) is 0 Å². The lowest BCUT2D eigenvalue weighted by Crippen LogP contribution is -2.47. The van der Waals surface area contributed by atoms with Crippen LogP contribution in [0.1, 0.15) is 41.6 Å². The Balaban J connectivity index is 2.06. The molecule has 0 saturated heterocycles. The molecule has 8 nitrogen and oxygen atoms in total. The quantitative estimate of drug-likeness (QED) is 0.579. The summed E-state index contributed by atoms with van der Waals surface area (Å²) in [6, 6.07) is -0.708. The average molecular weight is 342 g/mol. The zero-order chi connectivity index (χ0) is 17.2. The Morgan fingerprint density at radius 2 is 2.09 bits per heavy atom. The Morgan fingerprint density at radius 1 is 1.43 bits per heavy atom. The van der Waals surface area contributed by atoms with E-state index in [1.165, 1.54) is 18.4 Å². The maximum absolute atomic E-state index is 11.9. The molecule has 4 N–H and O–H groups in total. The van der Waals surface area contributed by atoms with Gasteiger partial charge in [-0.1, -0.05) is 0 Å². The van der Waals surface area contributed by atoms with Crippen molar-refractivity contribution in [1.82, 2.24) is 5.32 Å². The van der Waals surface area contributed by atoms with E-state index < -0.39 is 30.1 Å². The third kappa shape index (κ3) is 3.99. The molecule has 1 fully saturated rings. The highest BCUT2D eigenvalue weighted by molar-refractivity contribution is 7.15. The fourth-order valence-corrected chi connectivity index (χ4v) is 2.97. The molecule has 1 aromatic rings. The number of aliphatic hydroxyl groups is 1. The summed E-state index contributed by atoms with van der Waals surface area (Å²) in [6.45, 7) is 0.606. The van der Waals surface area contributed by atoms with Gasteiger partial charge in [-0.25, -0.2) is 14.4 Å². The molecule has 1 aliphatic rings. The number of aliphatic carboxylic acids is 1. The maximum Gasteiger partial charge on any atom is 0.341 e. The first-order chi connectivity index (χ1) is 10.8. The zero-order valence-electron chi connectivity index (χ0n) is 12.7. The first kappa shape index (κ1) is 17.2. The summed E-state index contributed by atoms with van der Waals surface area (Å²) < 4.78 is 4.76. The molecular formula is C14H18N2O6S. The second kappa shape index (κ2) is 6.55. The summed E-state index contributed by atoms with van der Waals surface area (Å²) in [5.41, 5.74) is -0.883. The van der Waals surface area contributed by atoms with Gasteiger partial charge in [-0.05, 0) is 36.6 Å². The van der Waals surface area contributed by atoms with E-state index in [2.05, 4.69) is 10.6 Å². The van der Waals surface area contributed by atoms with Crippen LogP contribution in [0.25, 0.3) is 0 Å². The number of carboxylic acid groups (broad SMARTS) is 1. The number of esters is 1. The van der Waals surface area contributed by atoms with Crippen molar-refractivity contribution in [1.29, 1.82) is 0 Å². The highest BCUT2D eigenvalue weighted by atomic mass is 32.1. The molecule has 1 saturated carbocycles. The lowest BCUT2D eigenvalue weighted by molar-refractivity contribution is -0.155. The summed E-state index contributed by atoms with van der Waals surface area (Å²) in [5.74, 6) is -1.66. The number of amides is 2. The van der Waals surface area contributed by atoms with E-state index in [1.54, 1.807) is 0 Å². The fraction of sp³-hybridized carbons (Fsp3) is 0.500. The van der Waals surface area contributed by atoms with Gasteiger partial charge in [0.05, 0.1) is 19.2 Å². The molecule has 0 bridgehead atoms. The number of carboxylic acids is 1. The number of ether oxygens (including phenoxy) is 1. The molecule has 1 atom stereocenters. The molecule has 9 heteroatoms. The predicted molar refractivity (Wildman–Crippen MR) is 82.9 cm³/mol. The normalized spacial score (nSPS) is 16.3. The van der Waals surface area contributed by atoms with Crippen LogP contribution in [0.4, 0.5) is 9.80 Å². The number of thiophene rings is 1. The summed E-state index contributed by atoms with van der Waals surface area (Å²) >= 11 is 1.20. The molecule has 1 aromatic heterocycles. The van der Waals surface area contributed by atoms with E-state index in [0.29, 0.717) is 16.5 Å². The van der Waals surface area contributed by atoms with Gasteiger partial charge in [-0.2, -0.15) is 0 Å². The third-order valence-corrected chi connectivity index (χ3v) is 4.42. The number of methoxy groups -OCH3 is 1. The van der Waals surface area contributed by atoms with Crippen LogP contribution in [-0.2, 0) is 9.53 Å². The van der Waals surface area contributed by atoms with Crippen molar-refractivity contribution >= 4 is 34.3 Å². The van der Waals surface area contributed by atoms with E-state index in [-0.39, 0.29) is 0 Å². The highest BCUT2D eigenvalue weighted by Gasteiger charge is 2.33. The van der Waals surface area contributed by atoms with Crippen molar-refractivity contribution in [3.8, 4) is 0 Å². The number of nitrogens with one attached hydrogen (secondary N) is 2. The predicted octanol–water partition coefficient (Wildman–Crippen LogP) is 1.37. The molecule has 126 valence electrons. The van der Waals surface area contributed by atoms with E-state index in [9.17, 15) is 19.5 Å². The molecule has 0 radical (unpaired) electrons. The first-order valence-electron chi connectivity index (χ1n) is 6.96. The van der Waals surface area contributed by atoms with Gasteiger partial charge in [0.2, 0.25) is 0 Å². The lowest BCUT2D eigenvalue weighted by Gasteiger charge is -2.18. The SMILES string of the molecule is COC(=O)c1c(C2CC2)csc1NC(=O)NCC(C)(O)C(=O)O. The summed E-state index contributed by atoms with van der Waals surface area (Å²) in [6.07, 6.45) is 1.99. The first-order valence-corrected chi connectivity index (χ1v) is 7.84. The Kier molecular flexibility index (Phi) is 4.90. The van der Waals surface area contributed by atoms with Crippen molar-refractivity contribution in [2.45, 2.75) is 31.3 Å². The Morgan fingerprint density at radius 3 is 2.61 bits per heavy atom. The van der Waals surface area contributed by atoms with Gasteiger partial charge in [0, 0.05) is 0 Å². The number of hydrogen-bond acceptors (Lipinski definition) is 6. The molecule has 2 amide bonds. The largest absolute Gasteiger partial charge is 0.479 e. The fourth-order valence-electron chi connectivity index (χ4n) is 1.95. The van der Waals surface area contributed by atoms with Gasteiger partial charge >= 0.3 is 18.0 Å². The van der Waals surface area contributed by atoms with Crippen LogP contribution in [0.3, 0.4) is 0 Å². The summed E-state index contributed by atoms with van der Waals surface area (Å²) in [5, 5.41) is 25.3. The monoisotopic (exact) mass is 342 g/mol. The minimum atomic E-state index is -2.07. The Bertz CT molecular complexity index is 635. The van der Waals surface area contributed by atoms with Gasteiger partial charge in [0.1, 0.15) is 5.00 Å². The summed E-state index contributed by atoms with van der Waals surface area (Å²) in [4.78, 5) is 34.6. The number of urea groups is 1. The van der Waals surface area contributed by atoms with Gasteiger partial charge in [-0.3, -0.25) is 5.32 Å². The molecule has 1 aliphatic carbocycles. The second-order valence-electron chi connectivity index (χ2n) is 5.55. The van der Waals surface area contributed by atoms with Gasteiger partial charge in [0.15, 0.2) is 5.60 Å². The minimum Gasteiger partial charge on any atom is -0.479 e. The molecule has 23 heavy (non-hydrogen) atoms. The molecular weight excluding hydrogens is 324 g/mol. The number of rotatable bonds is 6. The lowest BCUT2D eigenvalue weighted by atomic mass is 10.1. The van der Waals surface area contributed by atoms with Crippen LogP contribution in [0, 0.1) is 0 Å². The van der Waals surface area contributed by atoms with E-state index in [4.69, 9.17) is 9.84 Å². The molecule has 0 aliphatic heterocycles. The number of carbonyl (C=O) groups excluding carboxylic acids is 2. The van der Waals surface area contributed by atoms with Crippen LogP contribution in [-0.4, -0.2) is 47.4 Å². The molecule has 0 spiro atoms. The van der Waals surface area contributed by atoms with E-state index in [1.807, 2.05) is 5.38 Å². The standard InChI is InChI=1S/C14H18N2O6S/c1-14(21,12(18)19)6-15-13(20)16-10-9(11(17)22-2)8(5-23-10)7-3-4-7/h5,7,21H,3-4,6H2,1-2H3,(H,18,19)(H2,15,16,20). The van der Waals surface area contributed by atoms with Gasteiger partial charge < -0.3 is 20.3 Å². The zero-order valence-corrected chi connectivity index (χ0v) is 13.5. The highest BCUT2D eigenvalue weighted by Crippen LogP contribution is 2.46. The van der Waals surface area contributed by atoms with Crippen molar-refractivity contribution in [3.05, 3.63) is 16.5 Å². The Hall–Kier alpha value is -2.13. The molecule has 1 unspecified atom stereocenters. The van der Waals surface area contributed by atoms with Crippen LogP contribution < -0.4 is 10.6 Å². The van der Waals surface area contributed by atoms with Crippen LogP contribution in [0.15, 0.2) is 5.38 Å². The minimum absolute atomic E-state index is 0.312. The number of anilines is 1. The third-order valence-electron chi connectivity index (χ3n) is 3.51. The van der Waals surface area contributed by atoms with Crippen molar-refractivity contribution in [2.24, 2.45) is 0 Å². The molecule has 1 heterocycles. The number of carbonyl (C=O) groups is 3. The Labute approximate surface area is 136 Å². The van der Waals surface area contributed by atoms with E-state index >= 15 is 0 Å². The smallest absolute Gasteiger partial charge is 0.341 e. The van der Waals surface area contributed by atoms with Crippen molar-refractivity contribution in [3.63, 3.8) is 0 Å². The second-order valence-corrected chi connectivity index (χ2v) is 6.43. The maximum atomic E-state index is 11.9. The van der Waals surface area contributed by atoms with Crippen LogP contribution in [0.2, 0.25) is 0 Å². The molecule has 2 rings (SSSR count). The van der Waals surface area contributed by atoms with Gasteiger partial charge in [0.25, 0.3) is 0 Å². The molecule has 0 aromatic carbocycles. The van der Waals surface area contributed by atoms with Gasteiger partial charge in [-0.15, -0.1) is 11.3 Å². The van der Waals surface area contributed by atoms with Crippen LogP contribution >= 0.6 is 11.3 Å².